The van der Waals surface area contributed by atoms with E-state index in [0.717, 1.165) is 0 Å². The molecule has 0 saturated heterocycles. The Morgan fingerprint density at radius 1 is 1.50 bits per heavy atom. The number of hydrogen-bond acceptors (Lipinski definition) is 2. The minimum absolute atomic E-state index is 0. The molecule has 0 aliphatic rings. The second kappa shape index (κ2) is 15.8. The number of aliphatic hydroxyl groups is 1. The van der Waals surface area contributed by atoms with Crippen LogP contribution in [0.5, 0.6) is 0 Å². The number of halogens is 1. The van der Waals surface area contributed by atoms with Crippen molar-refractivity contribution in [2.24, 2.45) is 5.73 Å². The summed E-state index contributed by atoms with van der Waals surface area (Å²) in [5.74, 6) is 0. The van der Waals surface area contributed by atoms with Gasteiger partial charge in [-0.1, -0.05) is 0 Å². The van der Waals surface area contributed by atoms with E-state index >= 15 is 0 Å². The van der Waals surface area contributed by atoms with Gasteiger partial charge in [0.25, 0.3) is 0 Å². The summed E-state index contributed by atoms with van der Waals surface area (Å²) in [7, 11) is 0. The molecule has 3 N–H and O–H groups in total. The molecule has 0 rings (SSSR count). The first kappa shape index (κ1) is 15.7. The van der Waals surface area contributed by atoms with Crippen molar-refractivity contribution >= 4 is 0 Å². The summed E-state index contributed by atoms with van der Waals surface area (Å²) < 4.78 is 0. The maximum absolute atomic E-state index is 7.75. The van der Waals surface area contributed by atoms with Crippen LogP contribution in [0, 0.1) is 0 Å². The third-order valence-electron chi connectivity index (χ3n) is 0.129. The Morgan fingerprint density at radius 2 is 1.67 bits per heavy atom. The molecule has 0 radical (unpaired) electrons. The Bertz CT molecular complexity index is 15.5. The van der Waals surface area contributed by atoms with Gasteiger partial charge in [0.05, 0.1) is 6.61 Å². The van der Waals surface area contributed by atoms with Crippen molar-refractivity contribution in [2.75, 3.05) is 13.2 Å². The van der Waals surface area contributed by atoms with Crippen LogP contribution in [-0.4, -0.2) is 18.3 Å². The van der Waals surface area contributed by atoms with E-state index in [4.69, 9.17) is 10.8 Å². The van der Waals surface area contributed by atoms with E-state index in [2.05, 4.69) is 0 Å². The van der Waals surface area contributed by atoms with Gasteiger partial charge < -0.3 is 23.2 Å². The molecule has 0 fully saturated rings. The topological polar surface area (TPSA) is 46.2 Å². The third-order valence-corrected chi connectivity index (χ3v) is 0.129. The molecule has 6 heavy (non-hydrogen) atoms. The number of nitrogens with two attached hydrogens (primary N) is 1. The van der Waals surface area contributed by atoms with Gasteiger partial charge in [0, 0.05) is 6.54 Å². The Balaban J connectivity index is -0.0000000450. The van der Waals surface area contributed by atoms with E-state index in [1.165, 1.54) is 0 Å². The first-order chi connectivity index (χ1) is 1.91. The smallest absolute Gasteiger partial charge is 1.00 e. The molecule has 0 aliphatic carbocycles. The van der Waals surface area contributed by atoms with Crippen molar-refractivity contribution in [3.05, 3.63) is 0 Å². The summed E-state index contributed by atoms with van der Waals surface area (Å²) >= 11 is 0. The van der Waals surface area contributed by atoms with Gasteiger partial charge in [-0.3, -0.25) is 0 Å². The summed E-state index contributed by atoms with van der Waals surface area (Å²) in [6.07, 6.45) is 0. The van der Waals surface area contributed by atoms with Gasteiger partial charge >= 0.3 is 51.4 Å². The van der Waals surface area contributed by atoms with Gasteiger partial charge in [-0.25, -0.2) is 0 Å². The van der Waals surface area contributed by atoms with Crippen LogP contribution in [0.25, 0.3) is 0 Å². The van der Waals surface area contributed by atoms with Crippen LogP contribution in [-0.2, 0) is 0 Å². The number of aliphatic hydroxyl groups excluding tert-OH is 1. The van der Waals surface area contributed by atoms with Crippen molar-refractivity contribution in [3.8, 4) is 0 Å². The molecule has 2 nitrogen and oxygen atoms in total. The van der Waals surface area contributed by atoms with Crippen molar-refractivity contribution in [2.45, 2.75) is 0 Å². The average Bonchev–Trinajstić information content (AvgIpc) is 1.37. The minimum Gasteiger partial charge on any atom is -1.00 e. The van der Waals surface area contributed by atoms with E-state index in [9.17, 15) is 0 Å². The molecule has 0 heterocycles. The van der Waals surface area contributed by atoms with Crippen LogP contribution >= 0.6 is 0 Å². The van der Waals surface area contributed by atoms with Gasteiger partial charge in [0.15, 0.2) is 0 Å². The van der Waals surface area contributed by atoms with Crippen molar-refractivity contribution in [1.82, 2.24) is 0 Å². The Kier molecular flexibility index (Phi) is 41.3. The van der Waals surface area contributed by atoms with Crippen molar-refractivity contribution < 1.29 is 68.9 Å². The molecule has 0 spiro atoms. The van der Waals surface area contributed by atoms with Gasteiger partial charge in [0.2, 0.25) is 0 Å². The first-order valence-corrected chi connectivity index (χ1v) is 1.22. The fourth-order valence-corrected chi connectivity index (χ4v) is 0. The second-order valence-electron chi connectivity index (χ2n) is 0.512. The van der Waals surface area contributed by atoms with Gasteiger partial charge in [0.1, 0.15) is 0 Å². The van der Waals surface area contributed by atoms with Gasteiger partial charge in [-0.15, -0.1) is 0 Å². The zero-order chi connectivity index (χ0) is 3.41. The van der Waals surface area contributed by atoms with Gasteiger partial charge in [-0.05, 0) is 0 Å². The van der Waals surface area contributed by atoms with Crippen LogP contribution in [0.15, 0.2) is 0 Å². The average molecular weight is 136 g/mol. The van der Waals surface area contributed by atoms with Crippen molar-refractivity contribution in [1.29, 1.82) is 0 Å². The molecule has 0 amide bonds. The molecule has 0 unspecified atom stereocenters. The molecule has 0 atom stereocenters. The normalized spacial score (nSPS) is 5.00. The molecule has 34 valence electrons. The van der Waals surface area contributed by atoms with Crippen LogP contribution in [0.1, 0.15) is 0 Å². The minimum atomic E-state index is 0. The Hall–Kier alpha value is 1.85. The summed E-state index contributed by atoms with van der Waals surface area (Å²) in [5, 5.41) is 7.75. The molecule has 0 bridgehead atoms. The predicted octanol–water partition coefficient (Wildman–Crippen LogP) is -7.05. The van der Waals surface area contributed by atoms with Crippen molar-refractivity contribution in [3.63, 3.8) is 0 Å². The third kappa shape index (κ3) is 16.9. The Morgan fingerprint density at radius 3 is 1.67 bits per heavy atom. The van der Waals surface area contributed by atoms with E-state index in [0.29, 0.717) is 6.54 Å². The zero-order valence-corrected chi connectivity index (χ0v) is 7.70. The number of hydrogen-bond donors (Lipinski definition) is 2. The molecule has 0 aromatic heterocycles. The fourth-order valence-electron chi connectivity index (χ4n) is 0. The van der Waals surface area contributed by atoms with E-state index in [1.54, 1.807) is 0 Å². The maximum atomic E-state index is 7.75. The standard InChI is InChI=1S/C2H7NO.ClH.K/c3-1-2-4;;/h4H,1-3H2;1H;/q;;+1/p-1. The van der Waals surface area contributed by atoms with Crippen LogP contribution < -0.4 is 69.5 Å². The molecular formula is C2H7ClKNO. The number of rotatable bonds is 1. The second-order valence-corrected chi connectivity index (χ2v) is 0.512. The summed E-state index contributed by atoms with van der Waals surface area (Å²) in [6.45, 7) is 0.472. The summed E-state index contributed by atoms with van der Waals surface area (Å²) in [4.78, 5) is 0. The first-order valence-electron chi connectivity index (χ1n) is 1.22. The quantitative estimate of drug-likeness (QED) is 0.351. The van der Waals surface area contributed by atoms with E-state index < -0.39 is 0 Å². The van der Waals surface area contributed by atoms with Crippen LogP contribution in [0.2, 0.25) is 0 Å². The van der Waals surface area contributed by atoms with Crippen LogP contribution in [0.4, 0.5) is 0 Å². The molecular weight excluding hydrogens is 129 g/mol. The largest absolute Gasteiger partial charge is 1.00 e. The van der Waals surface area contributed by atoms with E-state index in [-0.39, 0.29) is 70.4 Å². The predicted molar refractivity (Wildman–Crippen MR) is 16.1 cm³/mol. The van der Waals surface area contributed by atoms with E-state index in [1.807, 2.05) is 0 Å². The maximum Gasteiger partial charge on any atom is 1.00 e. The molecule has 0 aromatic rings. The SMILES string of the molecule is NCCO.[Cl-].[K+]. The zero-order valence-electron chi connectivity index (χ0n) is 3.82. The molecule has 4 heteroatoms. The fraction of sp³-hybridized carbons (Fsp3) is 1.00. The monoisotopic (exact) mass is 135 g/mol. The summed E-state index contributed by atoms with van der Waals surface area (Å²) in [5.41, 5.74) is 4.78. The summed E-state index contributed by atoms with van der Waals surface area (Å²) in [6, 6.07) is 0. The molecule has 0 aliphatic heterocycles. The Labute approximate surface area is 86.3 Å². The van der Waals surface area contributed by atoms with Gasteiger partial charge in [-0.2, -0.15) is 0 Å². The molecule has 0 saturated carbocycles. The van der Waals surface area contributed by atoms with Crippen LogP contribution in [0.3, 0.4) is 0 Å². The molecule has 0 aromatic carbocycles.